The number of benzene rings is 1. The molecule has 0 radical (unpaired) electrons. The number of nitrogens with one attached hydrogen (secondary N) is 5. The van der Waals surface area contributed by atoms with Crippen molar-refractivity contribution in [2.45, 2.75) is 69.5 Å². The molecule has 14 heteroatoms. The number of carboxylic acids is 1. The maximum atomic E-state index is 12.9. The zero-order valence-electron chi connectivity index (χ0n) is 20.8. The summed E-state index contributed by atoms with van der Waals surface area (Å²) in [7, 11) is -4.15. The molecule has 0 bridgehead atoms. The van der Waals surface area contributed by atoms with E-state index in [1.54, 1.807) is 32.2 Å². The van der Waals surface area contributed by atoms with Crippen LogP contribution in [0.25, 0.3) is 0 Å². The predicted octanol–water partition coefficient (Wildman–Crippen LogP) is 0.654. The van der Waals surface area contributed by atoms with Crippen LogP contribution in [0.15, 0.2) is 29.4 Å². The standard InChI is InChI=1S/C23H32N6O7S/c1-13-9-14(2)20(15(3)10-13)37(34,35)29-18(22(32)33)12-26-21(31)17-11-16(36-28-17)5-4-6-19(30)27-23-24-7-8-25-23/h7-10,16-18,28-29H,4-6,11-12H2,1-3H3,(H,26,31)(H,32,33)(H2,24,25,27,30). The van der Waals surface area contributed by atoms with Crippen molar-refractivity contribution in [1.82, 2.24) is 25.5 Å². The number of aryl methyl sites for hydroxylation is 3. The highest BCUT2D eigenvalue weighted by atomic mass is 32.2. The number of hydrogen-bond acceptors (Lipinski definition) is 8. The molecular formula is C23H32N6O7S. The van der Waals surface area contributed by atoms with Gasteiger partial charge in [0.15, 0.2) is 0 Å². The first kappa shape index (κ1) is 28.2. The van der Waals surface area contributed by atoms with Crippen molar-refractivity contribution in [3.05, 3.63) is 41.2 Å². The summed E-state index contributed by atoms with van der Waals surface area (Å²) in [6.07, 6.45) is 4.42. The van der Waals surface area contributed by atoms with Crippen LogP contribution in [0.1, 0.15) is 42.4 Å². The molecule has 6 N–H and O–H groups in total. The number of sulfonamides is 1. The van der Waals surface area contributed by atoms with Gasteiger partial charge in [0.05, 0.1) is 11.0 Å². The van der Waals surface area contributed by atoms with E-state index in [0.29, 0.717) is 36.3 Å². The Balaban J connectivity index is 1.47. The lowest BCUT2D eigenvalue weighted by atomic mass is 10.0. The molecule has 0 spiro atoms. The summed E-state index contributed by atoms with van der Waals surface area (Å²) in [5.74, 6) is -1.78. The molecule has 1 fully saturated rings. The minimum atomic E-state index is -4.15. The van der Waals surface area contributed by atoms with Gasteiger partial charge in [0, 0.05) is 31.8 Å². The monoisotopic (exact) mass is 536 g/mol. The number of carbonyl (C=O) groups is 3. The number of amides is 2. The summed E-state index contributed by atoms with van der Waals surface area (Å²) in [6, 6.07) is 1.09. The number of hydrogen-bond donors (Lipinski definition) is 6. The number of aromatic nitrogens is 2. The second-order valence-electron chi connectivity index (χ2n) is 9.01. The van der Waals surface area contributed by atoms with Crippen LogP contribution in [0.2, 0.25) is 0 Å². The number of imidazole rings is 1. The van der Waals surface area contributed by atoms with Crippen molar-refractivity contribution >= 4 is 33.8 Å². The Morgan fingerprint density at radius 2 is 1.92 bits per heavy atom. The van der Waals surface area contributed by atoms with Crippen molar-refractivity contribution in [1.29, 1.82) is 0 Å². The number of H-pyrrole nitrogens is 1. The Morgan fingerprint density at radius 1 is 1.22 bits per heavy atom. The van der Waals surface area contributed by atoms with Crippen LogP contribution >= 0.6 is 0 Å². The van der Waals surface area contributed by atoms with Gasteiger partial charge >= 0.3 is 5.97 Å². The van der Waals surface area contributed by atoms with E-state index in [1.165, 1.54) is 6.20 Å². The Hall–Kier alpha value is -3.33. The van der Waals surface area contributed by atoms with Crippen LogP contribution in [0.5, 0.6) is 0 Å². The molecule has 3 atom stereocenters. The molecule has 1 aromatic carbocycles. The van der Waals surface area contributed by atoms with Gasteiger partial charge in [-0.3, -0.25) is 24.5 Å². The van der Waals surface area contributed by atoms with Gasteiger partial charge in [0.1, 0.15) is 12.1 Å². The number of aromatic amines is 1. The molecule has 2 heterocycles. The number of nitrogens with zero attached hydrogens (tertiary/aromatic N) is 1. The average molecular weight is 537 g/mol. The van der Waals surface area contributed by atoms with E-state index < -0.39 is 40.5 Å². The molecule has 1 aromatic heterocycles. The van der Waals surface area contributed by atoms with Crippen molar-refractivity contribution in [2.24, 2.45) is 0 Å². The fourth-order valence-corrected chi connectivity index (χ4v) is 5.88. The highest BCUT2D eigenvalue weighted by molar-refractivity contribution is 7.89. The van der Waals surface area contributed by atoms with Gasteiger partial charge < -0.3 is 15.4 Å². The van der Waals surface area contributed by atoms with Crippen molar-refractivity contribution < 1.29 is 32.7 Å². The first-order valence-corrected chi connectivity index (χ1v) is 13.3. The fourth-order valence-electron chi connectivity index (χ4n) is 4.24. The number of hydroxylamine groups is 1. The second-order valence-corrected chi connectivity index (χ2v) is 10.7. The lowest BCUT2D eigenvalue weighted by Gasteiger charge is -2.19. The molecule has 1 aliphatic rings. The number of anilines is 1. The number of aliphatic carboxylic acids is 1. The van der Waals surface area contributed by atoms with Crippen LogP contribution in [-0.2, 0) is 29.2 Å². The van der Waals surface area contributed by atoms with Gasteiger partial charge in [-0.25, -0.2) is 13.4 Å². The van der Waals surface area contributed by atoms with Gasteiger partial charge in [0.25, 0.3) is 0 Å². The zero-order valence-corrected chi connectivity index (χ0v) is 21.6. The Labute approximate surface area is 214 Å². The van der Waals surface area contributed by atoms with Gasteiger partial charge in [-0.2, -0.15) is 10.2 Å². The summed E-state index contributed by atoms with van der Waals surface area (Å²) in [5.41, 5.74) is 4.49. The van der Waals surface area contributed by atoms with Gasteiger partial charge in [0.2, 0.25) is 27.8 Å². The molecule has 2 aromatic rings. The predicted molar refractivity (Wildman–Crippen MR) is 133 cm³/mol. The molecule has 13 nitrogen and oxygen atoms in total. The third-order valence-electron chi connectivity index (χ3n) is 5.83. The van der Waals surface area contributed by atoms with Gasteiger partial charge in [-0.15, -0.1) is 0 Å². The average Bonchev–Trinajstić information content (AvgIpc) is 3.47. The molecular weight excluding hydrogens is 504 g/mol. The maximum absolute atomic E-state index is 12.9. The summed E-state index contributed by atoms with van der Waals surface area (Å²) in [5, 5.41) is 14.6. The van der Waals surface area contributed by atoms with Crippen LogP contribution in [-0.4, -0.2) is 66.0 Å². The van der Waals surface area contributed by atoms with Crippen molar-refractivity contribution in [2.75, 3.05) is 11.9 Å². The Bertz CT molecular complexity index is 1210. The van der Waals surface area contributed by atoms with E-state index in [9.17, 15) is 27.9 Å². The highest BCUT2D eigenvalue weighted by Gasteiger charge is 2.33. The molecule has 1 saturated heterocycles. The van der Waals surface area contributed by atoms with Crippen LogP contribution in [0.3, 0.4) is 0 Å². The lowest BCUT2D eigenvalue weighted by molar-refractivity contribution is -0.139. The molecule has 2 amide bonds. The van der Waals surface area contributed by atoms with Crippen molar-refractivity contribution in [3.63, 3.8) is 0 Å². The van der Waals surface area contributed by atoms with E-state index in [0.717, 1.165) is 5.56 Å². The zero-order chi connectivity index (χ0) is 27.2. The van der Waals surface area contributed by atoms with E-state index >= 15 is 0 Å². The number of carboxylic acid groups (broad SMARTS) is 1. The summed E-state index contributed by atoms with van der Waals surface area (Å²) < 4.78 is 28.0. The fraction of sp³-hybridized carbons (Fsp3) is 0.478. The smallest absolute Gasteiger partial charge is 0.323 e. The summed E-state index contributed by atoms with van der Waals surface area (Å²) in [6.45, 7) is 4.66. The quantitative estimate of drug-likeness (QED) is 0.226. The molecule has 3 unspecified atom stereocenters. The molecule has 202 valence electrons. The topological polar surface area (TPSA) is 192 Å². The molecule has 0 saturated carbocycles. The number of rotatable bonds is 12. The van der Waals surface area contributed by atoms with Crippen LogP contribution in [0, 0.1) is 20.8 Å². The third kappa shape index (κ3) is 7.82. The van der Waals surface area contributed by atoms with Gasteiger partial charge in [-0.05, 0) is 44.7 Å². The number of carbonyl (C=O) groups excluding carboxylic acids is 2. The normalized spacial score (nSPS) is 18.4. The lowest BCUT2D eigenvalue weighted by Crippen LogP contribution is -2.51. The molecule has 3 rings (SSSR count). The largest absolute Gasteiger partial charge is 0.480 e. The first-order chi connectivity index (χ1) is 17.5. The third-order valence-corrected chi connectivity index (χ3v) is 7.60. The summed E-state index contributed by atoms with van der Waals surface area (Å²) in [4.78, 5) is 48.3. The minimum absolute atomic E-state index is 0.0159. The van der Waals surface area contributed by atoms with Crippen molar-refractivity contribution in [3.8, 4) is 0 Å². The molecule has 37 heavy (non-hydrogen) atoms. The first-order valence-electron chi connectivity index (χ1n) is 11.8. The maximum Gasteiger partial charge on any atom is 0.323 e. The Morgan fingerprint density at radius 3 is 2.54 bits per heavy atom. The van der Waals surface area contributed by atoms with Gasteiger partial charge in [-0.1, -0.05) is 17.7 Å². The molecule has 0 aliphatic carbocycles. The van der Waals surface area contributed by atoms with E-state index in [4.69, 9.17) is 4.84 Å². The van der Waals surface area contributed by atoms with Crippen LogP contribution in [0.4, 0.5) is 5.95 Å². The van der Waals surface area contributed by atoms with E-state index in [-0.39, 0.29) is 23.3 Å². The molecule has 1 aliphatic heterocycles. The van der Waals surface area contributed by atoms with Crippen LogP contribution < -0.4 is 20.8 Å². The minimum Gasteiger partial charge on any atom is -0.480 e. The SMILES string of the molecule is Cc1cc(C)c(S(=O)(=O)NC(CNC(=O)C2CC(CCCC(=O)Nc3ncc[nH]3)ON2)C(=O)O)c(C)c1. The van der Waals surface area contributed by atoms with E-state index in [1.807, 2.05) is 6.92 Å². The highest BCUT2D eigenvalue weighted by Crippen LogP contribution is 2.22. The summed E-state index contributed by atoms with van der Waals surface area (Å²) >= 11 is 0. The second kappa shape index (κ2) is 12.3. The van der Waals surface area contributed by atoms with E-state index in [2.05, 4.69) is 30.8 Å². The Kier molecular flexibility index (Phi) is 9.37.